The first-order chi connectivity index (χ1) is 10.1. The molecule has 0 spiro atoms. The molecule has 21 heavy (non-hydrogen) atoms. The standard InChI is InChI=1S/C19H28N2/c1-19(2)11-9-18(16-5-3-4-6-17(16)19)20-14-10-12-21(13-14)15-7-8-15/h3-6,14-15,18,20H,7-13H2,1-2H3. The van der Waals surface area contributed by atoms with Crippen molar-refractivity contribution in [2.75, 3.05) is 13.1 Å². The maximum atomic E-state index is 3.98. The molecule has 2 unspecified atom stereocenters. The lowest BCUT2D eigenvalue weighted by Gasteiger charge is -2.38. The van der Waals surface area contributed by atoms with Crippen molar-refractivity contribution >= 4 is 0 Å². The predicted octanol–water partition coefficient (Wildman–Crippen LogP) is 3.63. The third kappa shape index (κ3) is 2.64. The van der Waals surface area contributed by atoms with Crippen LogP contribution in [0, 0.1) is 0 Å². The highest BCUT2D eigenvalue weighted by atomic mass is 15.2. The molecule has 1 aliphatic heterocycles. The summed E-state index contributed by atoms with van der Waals surface area (Å²) in [5.41, 5.74) is 3.45. The lowest BCUT2D eigenvalue weighted by molar-refractivity contribution is 0.298. The van der Waals surface area contributed by atoms with Crippen LogP contribution in [0.25, 0.3) is 0 Å². The van der Waals surface area contributed by atoms with E-state index >= 15 is 0 Å². The Morgan fingerprint density at radius 3 is 2.71 bits per heavy atom. The number of nitrogens with zero attached hydrogens (tertiary/aromatic N) is 1. The average Bonchev–Trinajstić information content (AvgIpc) is 3.23. The third-order valence-electron chi connectivity index (χ3n) is 5.84. The van der Waals surface area contributed by atoms with Gasteiger partial charge in [-0.05, 0) is 48.6 Å². The summed E-state index contributed by atoms with van der Waals surface area (Å²) in [4.78, 5) is 2.70. The van der Waals surface area contributed by atoms with Crippen LogP contribution in [0.15, 0.2) is 24.3 Å². The van der Waals surface area contributed by atoms with E-state index in [-0.39, 0.29) is 0 Å². The lowest BCUT2D eigenvalue weighted by Crippen LogP contribution is -2.39. The molecule has 3 aliphatic rings. The summed E-state index contributed by atoms with van der Waals surface area (Å²) in [6, 6.07) is 11.3. The van der Waals surface area contributed by atoms with E-state index in [1.165, 1.54) is 45.2 Å². The van der Waals surface area contributed by atoms with E-state index in [2.05, 4.69) is 48.3 Å². The molecule has 0 aromatic heterocycles. The highest BCUT2D eigenvalue weighted by molar-refractivity contribution is 5.38. The second-order valence-electron chi connectivity index (χ2n) is 7.94. The Kier molecular flexibility index (Phi) is 3.35. The summed E-state index contributed by atoms with van der Waals surface area (Å²) in [5, 5.41) is 3.98. The molecule has 1 saturated heterocycles. The minimum Gasteiger partial charge on any atom is -0.306 e. The van der Waals surface area contributed by atoms with Gasteiger partial charge in [-0.1, -0.05) is 38.1 Å². The van der Waals surface area contributed by atoms with Crippen LogP contribution in [-0.2, 0) is 5.41 Å². The Balaban J connectivity index is 1.48. The minimum absolute atomic E-state index is 0.338. The molecule has 0 bridgehead atoms. The number of benzene rings is 1. The molecular formula is C19H28N2. The molecule has 2 atom stereocenters. The molecule has 1 aromatic rings. The Hall–Kier alpha value is -0.860. The third-order valence-corrected chi connectivity index (χ3v) is 5.84. The molecule has 1 aromatic carbocycles. The predicted molar refractivity (Wildman–Crippen MR) is 87.6 cm³/mol. The van der Waals surface area contributed by atoms with E-state index in [0.29, 0.717) is 17.5 Å². The van der Waals surface area contributed by atoms with E-state index in [4.69, 9.17) is 0 Å². The zero-order valence-electron chi connectivity index (χ0n) is 13.4. The fourth-order valence-corrected chi connectivity index (χ4v) is 4.36. The second kappa shape index (κ2) is 5.10. The summed E-state index contributed by atoms with van der Waals surface area (Å²) in [7, 11) is 0. The van der Waals surface area contributed by atoms with Crippen molar-refractivity contribution < 1.29 is 0 Å². The Labute approximate surface area is 128 Å². The monoisotopic (exact) mass is 284 g/mol. The van der Waals surface area contributed by atoms with Gasteiger partial charge in [0.1, 0.15) is 0 Å². The molecule has 0 amide bonds. The van der Waals surface area contributed by atoms with Gasteiger partial charge in [0.15, 0.2) is 0 Å². The molecule has 4 rings (SSSR count). The van der Waals surface area contributed by atoms with Crippen molar-refractivity contribution in [2.24, 2.45) is 0 Å². The Morgan fingerprint density at radius 2 is 1.90 bits per heavy atom. The first kappa shape index (κ1) is 13.8. The quantitative estimate of drug-likeness (QED) is 0.912. The SMILES string of the molecule is CC1(C)CCC(NC2CCN(C3CC3)C2)c2ccccc21. The molecule has 1 heterocycles. The summed E-state index contributed by atoms with van der Waals surface area (Å²) >= 11 is 0. The van der Waals surface area contributed by atoms with E-state index in [0.717, 1.165) is 6.04 Å². The summed E-state index contributed by atoms with van der Waals surface area (Å²) in [6.07, 6.45) is 6.78. The molecule has 114 valence electrons. The van der Waals surface area contributed by atoms with E-state index < -0.39 is 0 Å². The molecule has 1 saturated carbocycles. The van der Waals surface area contributed by atoms with Gasteiger partial charge >= 0.3 is 0 Å². The number of fused-ring (bicyclic) bond motifs is 1. The summed E-state index contributed by atoms with van der Waals surface area (Å²) in [5.74, 6) is 0. The molecule has 0 radical (unpaired) electrons. The molecule has 1 N–H and O–H groups in total. The van der Waals surface area contributed by atoms with Crippen molar-refractivity contribution in [3.05, 3.63) is 35.4 Å². The van der Waals surface area contributed by atoms with Crippen LogP contribution in [0.5, 0.6) is 0 Å². The number of hydrogen-bond acceptors (Lipinski definition) is 2. The summed E-state index contributed by atoms with van der Waals surface area (Å²) in [6.45, 7) is 7.37. The molecule has 2 nitrogen and oxygen atoms in total. The van der Waals surface area contributed by atoms with Gasteiger partial charge in [-0.15, -0.1) is 0 Å². The van der Waals surface area contributed by atoms with Crippen LogP contribution in [0.2, 0.25) is 0 Å². The van der Waals surface area contributed by atoms with Crippen molar-refractivity contribution in [3.8, 4) is 0 Å². The number of nitrogens with one attached hydrogen (secondary N) is 1. The highest BCUT2D eigenvalue weighted by Crippen LogP contribution is 2.42. The van der Waals surface area contributed by atoms with Gasteiger partial charge in [-0.2, -0.15) is 0 Å². The number of hydrogen-bond donors (Lipinski definition) is 1. The van der Waals surface area contributed by atoms with Gasteiger partial charge < -0.3 is 5.32 Å². The van der Waals surface area contributed by atoms with Crippen molar-refractivity contribution in [1.82, 2.24) is 10.2 Å². The molecular weight excluding hydrogens is 256 g/mol. The Morgan fingerprint density at radius 1 is 1.10 bits per heavy atom. The van der Waals surface area contributed by atoms with E-state index in [1.54, 1.807) is 11.1 Å². The van der Waals surface area contributed by atoms with Crippen LogP contribution in [0.4, 0.5) is 0 Å². The highest BCUT2D eigenvalue weighted by Gasteiger charge is 2.37. The van der Waals surface area contributed by atoms with Crippen molar-refractivity contribution in [2.45, 2.75) is 69.5 Å². The van der Waals surface area contributed by atoms with Crippen LogP contribution >= 0.6 is 0 Å². The van der Waals surface area contributed by atoms with Gasteiger partial charge in [0.05, 0.1) is 0 Å². The van der Waals surface area contributed by atoms with E-state index in [1.807, 2.05) is 0 Å². The van der Waals surface area contributed by atoms with E-state index in [9.17, 15) is 0 Å². The van der Waals surface area contributed by atoms with Gasteiger partial charge in [-0.3, -0.25) is 4.90 Å². The topological polar surface area (TPSA) is 15.3 Å². The first-order valence-corrected chi connectivity index (χ1v) is 8.73. The van der Waals surface area contributed by atoms with Gasteiger partial charge in [-0.25, -0.2) is 0 Å². The first-order valence-electron chi connectivity index (χ1n) is 8.73. The maximum Gasteiger partial charge on any atom is 0.0326 e. The van der Waals surface area contributed by atoms with Crippen molar-refractivity contribution in [1.29, 1.82) is 0 Å². The number of likely N-dealkylation sites (tertiary alicyclic amines) is 1. The average molecular weight is 284 g/mol. The van der Waals surface area contributed by atoms with Gasteiger partial charge in [0.2, 0.25) is 0 Å². The smallest absolute Gasteiger partial charge is 0.0326 e. The maximum absolute atomic E-state index is 3.98. The largest absolute Gasteiger partial charge is 0.306 e. The Bertz CT molecular complexity index is 518. The fraction of sp³-hybridized carbons (Fsp3) is 0.684. The van der Waals surface area contributed by atoms with Crippen LogP contribution < -0.4 is 5.32 Å². The lowest BCUT2D eigenvalue weighted by atomic mass is 9.71. The summed E-state index contributed by atoms with van der Waals surface area (Å²) < 4.78 is 0. The van der Waals surface area contributed by atoms with Crippen LogP contribution in [-0.4, -0.2) is 30.1 Å². The van der Waals surface area contributed by atoms with Crippen molar-refractivity contribution in [3.63, 3.8) is 0 Å². The van der Waals surface area contributed by atoms with Gasteiger partial charge in [0, 0.05) is 31.2 Å². The minimum atomic E-state index is 0.338. The van der Waals surface area contributed by atoms with Gasteiger partial charge in [0.25, 0.3) is 0 Å². The molecule has 2 heteroatoms. The zero-order chi connectivity index (χ0) is 14.4. The normalized spacial score (nSPS) is 32.1. The van der Waals surface area contributed by atoms with Crippen LogP contribution in [0.3, 0.4) is 0 Å². The second-order valence-corrected chi connectivity index (χ2v) is 7.94. The number of rotatable bonds is 3. The zero-order valence-corrected chi connectivity index (χ0v) is 13.4. The van der Waals surface area contributed by atoms with Crippen LogP contribution in [0.1, 0.15) is 63.1 Å². The fourth-order valence-electron chi connectivity index (χ4n) is 4.36. The molecule has 2 aliphatic carbocycles. The molecule has 2 fully saturated rings.